The van der Waals surface area contributed by atoms with Gasteiger partial charge in [-0.3, -0.25) is 0 Å². The predicted octanol–water partition coefficient (Wildman–Crippen LogP) is 1.20. The van der Waals surface area contributed by atoms with Crippen molar-refractivity contribution in [2.75, 3.05) is 30.7 Å². The van der Waals surface area contributed by atoms with Crippen molar-refractivity contribution in [3.63, 3.8) is 0 Å². The summed E-state index contributed by atoms with van der Waals surface area (Å²) in [5.74, 6) is 1.22. The number of anilines is 2. The first kappa shape index (κ1) is 12.7. The Bertz CT molecular complexity index is 294. The molecule has 1 rings (SSSR count). The molecule has 5 heteroatoms. The molecule has 1 unspecified atom stereocenters. The summed E-state index contributed by atoms with van der Waals surface area (Å²) in [4.78, 5) is 2.36. The molecule has 90 valence electrons. The summed E-state index contributed by atoms with van der Waals surface area (Å²) in [7, 11) is 0. The predicted molar refractivity (Wildman–Crippen MR) is 67.3 cm³/mol. The molecule has 0 saturated carbocycles. The van der Waals surface area contributed by atoms with E-state index in [-0.39, 0.29) is 0 Å². The summed E-state index contributed by atoms with van der Waals surface area (Å²) in [6.07, 6.45) is 0. The van der Waals surface area contributed by atoms with Gasteiger partial charge in [0.2, 0.25) is 0 Å². The van der Waals surface area contributed by atoms with Crippen LogP contribution in [0.2, 0.25) is 0 Å². The molecule has 0 radical (unpaired) electrons. The summed E-state index contributed by atoms with van der Waals surface area (Å²) in [5, 5.41) is 11.1. The Kier molecular flexibility index (Phi) is 4.98. The molecule has 0 spiro atoms. The van der Waals surface area contributed by atoms with Crippen molar-refractivity contribution in [1.29, 1.82) is 0 Å². The fraction of sp³-hybridized carbons (Fsp3) is 0.636. The molecule has 3 N–H and O–H groups in total. The van der Waals surface area contributed by atoms with Gasteiger partial charge in [-0.25, -0.2) is 0 Å². The molecule has 16 heavy (non-hydrogen) atoms. The smallest absolute Gasteiger partial charge is 0.149 e. The molecule has 1 heterocycles. The van der Waals surface area contributed by atoms with Crippen LogP contribution in [0.3, 0.4) is 0 Å². The molecule has 0 fully saturated rings. The summed E-state index contributed by atoms with van der Waals surface area (Å²) in [6, 6.07) is 3.94. The number of hydrogen-bond acceptors (Lipinski definition) is 5. The summed E-state index contributed by atoms with van der Waals surface area (Å²) < 4.78 is 0. The van der Waals surface area contributed by atoms with Crippen LogP contribution in [0.25, 0.3) is 0 Å². The monoisotopic (exact) mass is 223 g/mol. The number of nitrogens with one attached hydrogen (secondary N) is 1. The Morgan fingerprint density at radius 3 is 2.50 bits per heavy atom. The molecule has 5 nitrogen and oxygen atoms in total. The molecule has 0 bridgehead atoms. The van der Waals surface area contributed by atoms with Crippen LogP contribution in [0.1, 0.15) is 20.8 Å². The van der Waals surface area contributed by atoms with Gasteiger partial charge in [-0.2, -0.15) is 0 Å². The number of nitrogens with two attached hydrogens (primary N) is 1. The Balaban J connectivity index is 2.44. The van der Waals surface area contributed by atoms with Crippen LogP contribution < -0.4 is 11.1 Å². The van der Waals surface area contributed by atoms with E-state index >= 15 is 0 Å². The molecular formula is C11H21N5. The number of rotatable bonds is 6. The van der Waals surface area contributed by atoms with E-state index in [1.54, 1.807) is 6.07 Å². The highest BCUT2D eigenvalue weighted by molar-refractivity contribution is 5.38. The van der Waals surface area contributed by atoms with Crippen LogP contribution in [-0.2, 0) is 0 Å². The van der Waals surface area contributed by atoms with E-state index in [1.807, 2.05) is 6.07 Å². The number of hydrogen-bond donors (Lipinski definition) is 2. The second-order valence-corrected chi connectivity index (χ2v) is 3.87. The molecule has 1 aromatic heterocycles. The first-order valence-corrected chi connectivity index (χ1v) is 5.73. The molecule has 1 aromatic rings. The van der Waals surface area contributed by atoms with Gasteiger partial charge in [-0.1, -0.05) is 13.8 Å². The van der Waals surface area contributed by atoms with Crippen molar-refractivity contribution < 1.29 is 0 Å². The van der Waals surface area contributed by atoms with Crippen LogP contribution >= 0.6 is 0 Å². The lowest BCUT2D eigenvalue weighted by atomic mass is 10.3. The maximum atomic E-state index is 5.47. The zero-order valence-corrected chi connectivity index (χ0v) is 10.3. The lowest BCUT2D eigenvalue weighted by Crippen LogP contribution is -2.34. The number of nitrogens with zero attached hydrogens (tertiary/aromatic N) is 3. The Labute approximate surface area is 97.0 Å². The third kappa shape index (κ3) is 4.02. The number of likely N-dealkylation sites (N-methyl/N-ethyl adjacent to an activating group) is 1. The van der Waals surface area contributed by atoms with E-state index < -0.39 is 0 Å². The van der Waals surface area contributed by atoms with Crippen molar-refractivity contribution in [1.82, 2.24) is 15.1 Å². The van der Waals surface area contributed by atoms with Gasteiger partial charge in [0.25, 0.3) is 0 Å². The minimum atomic E-state index is 0.345. The van der Waals surface area contributed by atoms with Crippen molar-refractivity contribution in [3.8, 4) is 0 Å². The van der Waals surface area contributed by atoms with Crippen molar-refractivity contribution >= 4 is 11.6 Å². The Hall–Kier alpha value is -1.36. The van der Waals surface area contributed by atoms with Gasteiger partial charge in [0, 0.05) is 12.6 Å². The highest BCUT2D eigenvalue weighted by Crippen LogP contribution is 2.05. The minimum absolute atomic E-state index is 0.345. The van der Waals surface area contributed by atoms with E-state index in [9.17, 15) is 0 Å². The molecule has 0 saturated heterocycles. The highest BCUT2D eigenvalue weighted by Gasteiger charge is 2.07. The average Bonchev–Trinajstić information content (AvgIpc) is 2.29. The zero-order valence-electron chi connectivity index (χ0n) is 10.3. The maximum Gasteiger partial charge on any atom is 0.149 e. The van der Waals surface area contributed by atoms with E-state index in [2.05, 4.69) is 41.2 Å². The Morgan fingerprint density at radius 1 is 1.31 bits per heavy atom. The molecule has 0 aliphatic heterocycles. The van der Waals surface area contributed by atoms with Gasteiger partial charge in [-0.15, -0.1) is 10.2 Å². The number of aromatic nitrogens is 2. The summed E-state index contributed by atoms with van der Waals surface area (Å²) in [5.41, 5.74) is 5.47. The minimum Gasteiger partial charge on any atom is -0.382 e. The van der Waals surface area contributed by atoms with E-state index in [1.165, 1.54) is 0 Å². The van der Waals surface area contributed by atoms with Crippen LogP contribution in [-0.4, -0.2) is 40.8 Å². The molecular weight excluding hydrogens is 202 g/mol. The normalized spacial score (nSPS) is 12.8. The maximum absolute atomic E-state index is 5.47. The highest BCUT2D eigenvalue weighted by atomic mass is 15.2. The molecule has 0 aliphatic rings. The van der Waals surface area contributed by atoms with Gasteiger partial charge < -0.3 is 16.0 Å². The Morgan fingerprint density at radius 2 is 2.00 bits per heavy atom. The molecule has 0 amide bonds. The van der Waals surface area contributed by atoms with Crippen LogP contribution in [0.15, 0.2) is 12.1 Å². The number of nitrogen functional groups attached to an aromatic ring is 1. The fourth-order valence-electron chi connectivity index (χ4n) is 1.59. The lowest BCUT2D eigenvalue weighted by molar-refractivity contribution is 0.294. The van der Waals surface area contributed by atoms with Crippen molar-refractivity contribution in [2.24, 2.45) is 0 Å². The third-order valence-corrected chi connectivity index (χ3v) is 2.51. The third-order valence-electron chi connectivity index (χ3n) is 2.51. The van der Waals surface area contributed by atoms with Crippen LogP contribution in [0.4, 0.5) is 11.6 Å². The van der Waals surface area contributed by atoms with Crippen molar-refractivity contribution in [2.45, 2.75) is 26.8 Å². The summed E-state index contributed by atoms with van der Waals surface area (Å²) in [6.45, 7) is 9.60. The van der Waals surface area contributed by atoms with Gasteiger partial charge in [0.1, 0.15) is 11.6 Å². The van der Waals surface area contributed by atoms with Crippen LogP contribution in [0.5, 0.6) is 0 Å². The SMILES string of the molecule is CCN(CC)CC(C)Nc1ccc(N)nn1. The van der Waals surface area contributed by atoms with E-state index in [0.717, 1.165) is 25.5 Å². The van der Waals surface area contributed by atoms with Gasteiger partial charge in [0.05, 0.1) is 0 Å². The quantitative estimate of drug-likeness (QED) is 0.758. The largest absolute Gasteiger partial charge is 0.382 e. The zero-order chi connectivity index (χ0) is 12.0. The molecule has 1 atom stereocenters. The second-order valence-electron chi connectivity index (χ2n) is 3.87. The average molecular weight is 223 g/mol. The van der Waals surface area contributed by atoms with Crippen molar-refractivity contribution in [3.05, 3.63) is 12.1 Å². The second kappa shape index (κ2) is 6.27. The topological polar surface area (TPSA) is 67.1 Å². The molecule has 0 aliphatic carbocycles. The fourth-order valence-corrected chi connectivity index (χ4v) is 1.59. The van der Waals surface area contributed by atoms with Gasteiger partial charge >= 0.3 is 0 Å². The van der Waals surface area contributed by atoms with Gasteiger partial charge in [-0.05, 0) is 32.1 Å². The lowest BCUT2D eigenvalue weighted by Gasteiger charge is -2.23. The first-order chi connectivity index (χ1) is 7.65. The van der Waals surface area contributed by atoms with Gasteiger partial charge in [0.15, 0.2) is 0 Å². The first-order valence-electron chi connectivity index (χ1n) is 5.73. The van der Waals surface area contributed by atoms with Crippen LogP contribution in [0, 0.1) is 0 Å². The summed E-state index contributed by atoms with van der Waals surface area (Å²) >= 11 is 0. The van der Waals surface area contributed by atoms with E-state index in [0.29, 0.717) is 11.9 Å². The van der Waals surface area contributed by atoms with E-state index in [4.69, 9.17) is 5.73 Å². The molecule has 0 aromatic carbocycles. The standard InChI is InChI=1S/C11H21N5/c1-4-16(5-2)8-9(3)13-11-7-6-10(12)14-15-11/h6-7,9H,4-5,8H2,1-3H3,(H2,12,14)(H,13,15).